The van der Waals surface area contributed by atoms with Crippen molar-refractivity contribution in [2.75, 3.05) is 5.32 Å². The molecule has 0 radical (unpaired) electrons. The summed E-state index contributed by atoms with van der Waals surface area (Å²) in [6, 6.07) is 2.86. The lowest BCUT2D eigenvalue weighted by atomic mass is 9.76. The predicted octanol–water partition coefficient (Wildman–Crippen LogP) is 5.21. The highest BCUT2D eigenvalue weighted by Gasteiger charge is 2.47. The maximum atomic E-state index is 14.0. The maximum Gasteiger partial charge on any atom is 0.435 e. The van der Waals surface area contributed by atoms with Gasteiger partial charge >= 0.3 is 18.2 Å². The number of benzene rings is 1. The molecule has 2 aliphatic carbocycles. The lowest BCUT2D eigenvalue weighted by molar-refractivity contribution is -0.142. The van der Waals surface area contributed by atoms with Gasteiger partial charge in [-0.1, -0.05) is 26.7 Å². The first-order chi connectivity index (χ1) is 19.3. The van der Waals surface area contributed by atoms with Gasteiger partial charge in [-0.15, -0.1) is 0 Å². The van der Waals surface area contributed by atoms with Crippen molar-refractivity contribution in [1.82, 2.24) is 15.1 Å². The van der Waals surface area contributed by atoms with Crippen molar-refractivity contribution in [2.24, 2.45) is 11.1 Å². The normalized spacial score (nSPS) is 18.6. The maximum absolute atomic E-state index is 14.0. The zero-order chi connectivity index (χ0) is 31.3. The Morgan fingerprint density at radius 3 is 2.31 bits per heavy atom. The van der Waals surface area contributed by atoms with E-state index in [9.17, 15) is 32.7 Å². The first-order valence-electron chi connectivity index (χ1n) is 13.9. The van der Waals surface area contributed by atoms with E-state index in [-0.39, 0.29) is 34.3 Å². The summed E-state index contributed by atoms with van der Waals surface area (Å²) in [6.07, 6.45) is -2.50. The van der Waals surface area contributed by atoms with Gasteiger partial charge in [0.05, 0.1) is 16.8 Å². The third-order valence-electron chi connectivity index (χ3n) is 7.91. The highest BCUT2D eigenvalue weighted by atomic mass is 19.4. The topological polar surface area (TPSA) is 149 Å². The van der Waals surface area contributed by atoms with E-state index in [0.29, 0.717) is 44.2 Å². The summed E-state index contributed by atoms with van der Waals surface area (Å²) in [5.74, 6) is -2.13. The van der Waals surface area contributed by atoms with Gasteiger partial charge in [-0.25, -0.2) is 14.3 Å². The number of anilines is 1. The van der Waals surface area contributed by atoms with Crippen molar-refractivity contribution in [3.63, 3.8) is 0 Å². The van der Waals surface area contributed by atoms with E-state index in [0.717, 1.165) is 0 Å². The zero-order valence-corrected chi connectivity index (χ0v) is 24.4. The van der Waals surface area contributed by atoms with Gasteiger partial charge in [0.15, 0.2) is 11.7 Å². The van der Waals surface area contributed by atoms with Crippen LogP contribution in [0.2, 0.25) is 0 Å². The fourth-order valence-corrected chi connectivity index (χ4v) is 5.98. The second-order valence-electron chi connectivity index (χ2n) is 13.0. The third kappa shape index (κ3) is 6.49. The molecule has 2 aliphatic rings. The number of carboxylic acids is 1. The predicted molar refractivity (Wildman–Crippen MR) is 149 cm³/mol. The van der Waals surface area contributed by atoms with E-state index in [1.807, 2.05) is 13.8 Å². The lowest BCUT2D eigenvalue weighted by Gasteiger charge is -2.38. The Bertz CT molecular complexity index is 1390. The third-order valence-corrected chi connectivity index (χ3v) is 7.91. The molecule has 1 saturated carbocycles. The number of carboxylic acid groups (broad SMARTS) is 1. The van der Waals surface area contributed by atoms with Crippen LogP contribution in [-0.4, -0.2) is 50.0 Å². The van der Waals surface area contributed by atoms with Crippen LogP contribution in [-0.2, 0) is 28.5 Å². The number of nitrogens with one attached hydrogen (secondary N) is 2. The smallest absolute Gasteiger partial charge is 0.435 e. The molecule has 230 valence electrons. The van der Waals surface area contributed by atoms with Gasteiger partial charge in [0, 0.05) is 16.9 Å². The van der Waals surface area contributed by atoms with E-state index in [4.69, 9.17) is 10.5 Å². The zero-order valence-electron chi connectivity index (χ0n) is 24.4. The number of alkyl halides is 3. The summed E-state index contributed by atoms with van der Waals surface area (Å²) in [5.41, 5.74) is 3.34. The van der Waals surface area contributed by atoms with Crippen molar-refractivity contribution in [2.45, 2.75) is 103 Å². The number of ether oxygens (including phenoxy) is 1. The first kappa shape index (κ1) is 31.2. The molecule has 10 nitrogen and oxygen atoms in total. The number of halogens is 3. The molecular weight excluding hydrogens is 555 g/mol. The summed E-state index contributed by atoms with van der Waals surface area (Å²) < 4.78 is 48.5. The SMILES string of the molecule is CC1(C)CCc2c(C(F)(F)F)nn(-c3ccc(C(N)=O)c(NC4([C@H](NC(=O)OC(C)(C)C)C(=O)O)CCCC4)c3)c2C1. The van der Waals surface area contributed by atoms with E-state index >= 15 is 0 Å². The second-order valence-corrected chi connectivity index (χ2v) is 13.0. The molecule has 4 rings (SSSR count). The highest BCUT2D eigenvalue weighted by Crippen LogP contribution is 2.43. The molecule has 5 N–H and O–H groups in total. The molecule has 42 heavy (non-hydrogen) atoms. The Kier molecular flexibility index (Phi) is 8.02. The molecule has 13 heteroatoms. The molecule has 2 amide bonds. The van der Waals surface area contributed by atoms with Gasteiger partial charge < -0.3 is 26.2 Å². The number of aromatic nitrogens is 2. The monoisotopic (exact) mass is 593 g/mol. The molecular formula is C29H38F3N5O5. The van der Waals surface area contributed by atoms with Crippen molar-refractivity contribution < 1.29 is 37.4 Å². The quantitative estimate of drug-likeness (QED) is 0.345. The minimum Gasteiger partial charge on any atom is -0.480 e. The summed E-state index contributed by atoms with van der Waals surface area (Å²) in [7, 11) is 0. The van der Waals surface area contributed by atoms with Crippen LogP contribution in [0, 0.1) is 5.41 Å². The second kappa shape index (κ2) is 10.8. The van der Waals surface area contributed by atoms with Crippen LogP contribution in [0.4, 0.5) is 23.7 Å². The molecule has 0 aliphatic heterocycles. The Balaban J connectivity index is 1.80. The van der Waals surface area contributed by atoms with Gasteiger partial charge in [0.25, 0.3) is 5.91 Å². The minimum absolute atomic E-state index is 0.0174. The fraction of sp³-hybridized carbons (Fsp3) is 0.586. The van der Waals surface area contributed by atoms with Crippen molar-refractivity contribution >= 4 is 23.7 Å². The number of hydrogen-bond acceptors (Lipinski definition) is 6. The van der Waals surface area contributed by atoms with Crippen LogP contribution < -0.4 is 16.4 Å². The number of carbonyl (C=O) groups is 3. The Morgan fingerprint density at radius 2 is 1.76 bits per heavy atom. The number of rotatable bonds is 7. The van der Waals surface area contributed by atoms with Crippen LogP contribution in [0.5, 0.6) is 0 Å². The molecule has 1 aromatic carbocycles. The Labute approximate surface area is 242 Å². The Hall–Kier alpha value is -3.77. The summed E-state index contributed by atoms with van der Waals surface area (Å²) in [4.78, 5) is 37.5. The molecule has 0 unspecified atom stereocenters. The van der Waals surface area contributed by atoms with Crippen LogP contribution in [0.25, 0.3) is 5.69 Å². The molecule has 0 bridgehead atoms. The van der Waals surface area contributed by atoms with Crippen LogP contribution in [0.1, 0.15) is 94.0 Å². The van der Waals surface area contributed by atoms with Gasteiger partial charge in [0.2, 0.25) is 0 Å². The van der Waals surface area contributed by atoms with E-state index in [1.165, 1.54) is 22.9 Å². The molecule has 1 heterocycles. The van der Waals surface area contributed by atoms with Gasteiger partial charge in [0.1, 0.15) is 5.60 Å². The van der Waals surface area contributed by atoms with E-state index < -0.39 is 47.0 Å². The minimum atomic E-state index is -4.65. The summed E-state index contributed by atoms with van der Waals surface area (Å²) >= 11 is 0. The molecule has 0 saturated heterocycles. The molecule has 2 aromatic rings. The largest absolute Gasteiger partial charge is 0.480 e. The number of nitrogens with zero attached hydrogens (tertiary/aromatic N) is 2. The highest BCUT2D eigenvalue weighted by molar-refractivity contribution is 5.99. The van der Waals surface area contributed by atoms with Crippen molar-refractivity contribution in [3.05, 3.63) is 40.7 Å². The first-order valence-corrected chi connectivity index (χ1v) is 13.9. The Morgan fingerprint density at radius 1 is 1.12 bits per heavy atom. The lowest BCUT2D eigenvalue weighted by Crippen LogP contribution is -2.60. The molecule has 0 spiro atoms. The van der Waals surface area contributed by atoms with Gasteiger partial charge in [-0.05, 0) is 76.5 Å². The number of amides is 2. The average Bonchev–Trinajstić information content (AvgIpc) is 3.45. The van der Waals surface area contributed by atoms with E-state index in [1.54, 1.807) is 20.8 Å². The summed E-state index contributed by atoms with van der Waals surface area (Å²) in [6.45, 7) is 8.91. The molecule has 1 atom stereocenters. The summed E-state index contributed by atoms with van der Waals surface area (Å²) in [5, 5.41) is 19.8. The standard InChI is InChI=1S/C29H38F3N5O5/c1-26(2,3)42-25(41)34-22(24(39)40)28(11-6-7-12-28)35-19-14-16(8-9-17(19)23(33)38)37-20-15-27(4,5)13-10-18(20)21(36-37)29(30,31)32/h8-9,14,22,35H,6-7,10-13,15H2,1-5H3,(H2,33,38)(H,34,41)(H,39,40)/t22-/m1/s1. The van der Waals surface area contributed by atoms with Crippen LogP contribution >= 0.6 is 0 Å². The number of carbonyl (C=O) groups excluding carboxylic acids is 2. The number of alkyl carbamates (subject to hydrolysis) is 1. The van der Waals surface area contributed by atoms with Gasteiger partial charge in [-0.3, -0.25) is 4.79 Å². The van der Waals surface area contributed by atoms with Crippen molar-refractivity contribution in [1.29, 1.82) is 0 Å². The molecule has 1 aromatic heterocycles. The average molecular weight is 594 g/mol. The number of hydrogen-bond donors (Lipinski definition) is 4. The van der Waals surface area contributed by atoms with Crippen molar-refractivity contribution in [3.8, 4) is 5.69 Å². The number of nitrogens with two attached hydrogens (primary N) is 1. The van der Waals surface area contributed by atoms with E-state index in [2.05, 4.69) is 15.7 Å². The number of primary amides is 1. The molecule has 1 fully saturated rings. The fourth-order valence-electron chi connectivity index (χ4n) is 5.98. The van der Waals surface area contributed by atoms with Crippen LogP contribution in [0.3, 0.4) is 0 Å². The number of fused-ring (bicyclic) bond motifs is 1. The number of aliphatic carboxylic acids is 1. The van der Waals surface area contributed by atoms with Gasteiger partial charge in [-0.2, -0.15) is 18.3 Å². The van der Waals surface area contributed by atoms with Crippen LogP contribution in [0.15, 0.2) is 18.2 Å².